The lowest BCUT2D eigenvalue weighted by molar-refractivity contribution is -0.305. The maximum Gasteiger partial charge on any atom is 0.0770 e. The summed E-state index contributed by atoms with van der Waals surface area (Å²) in [6.07, 6.45) is 12.0. The summed E-state index contributed by atoms with van der Waals surface area (Å²) in [5.74, 6) is 0.165. The summed E-state index contributed by atoms with van der Waals surface area (Å²) in [6, 6.07) is 0. The van der Waals surface area contributed by atoms with E-state index >= 15 is 0 Å². The minimum Gasteiger partial charge on any atom is -0.393 e. The number of hydrogen-bond donors (Lipinski definition) is 6. The number of aliphatic hydroxyl groups excluding tert-OH is 6. The maximum absolute atomic E-state index is 11.8. The molecule has 5 saturated carbocycles. The lowest BCUT2D eigenvalue weighted by Gasteiger charge is -2.62. The third kappa shape index (κ3) is 5.46. The highest BCUT2D eigenvalue weighted by atomic mass is 16.5. The van der Waals surface area contributed by atoms with E-state index in [1.807, 2.05) is 0 Å². The summed E-state index contributed by atoms with van der Waals surface area (Å²) in [6.45, 7) is 0. The molecule has 0 spiro atoms. The van der Waals surface area contributed by atoms with E-state index in [1.165, 1.54) is 12.8 Å². The van der Waals surface area contributed by atoms with E-state index in [2.05, 4.69) is 0 Å². The van der Waals surface area contributed by atoms with Crippen LogP contribution in [0, 0.1) is 35.5 Å². The van der Waals surface area contributed by atoms with Crippen molar-refractivity contribution in [3.8, 4) is 0 Å². The van der Waals surface area contributed by atoms with Gasteiger partial charge in [-0.3, -0.25) is 0 Å². The first-order valence-corrected chi connectivity index (χ1v) is 18.2. The van der Waals surface area contributed by atoms with E-state index in [9.17, 15) is 30.6 Å². The van der Waals surface area contributed by atoms with Gasteiger partial charge in [-0.2, -0.15) is 0 Å². The highest BCUT2D eigenvalue weighted by Gasteiger charge is 2.65. The topological polar surface area (TPSA) is 140 Å². The minimum atomic E-state index is -0.765. The van der Waals surface area contributed by atoms with Crippen molar-refractivity contribution in [2.45, 2.75) is 182 Å². The van der Waals surface area contributed by atoms with Crippen LogP contribution in [0.2, 0.25) is 0 Å². The Morgan fingerprint density at radius 2 is 0.814 bits per heavy atom. The average Bonchev–Trinajstić information content (AvgIpc) is 3.48. The Morgan fingerprint density at radius 3 is 1.21 bits per heavy atom. The molecule has 246 valence electrons. The number of fused-ring (bicyclic) bond motifs is 2. The molecule has 8 nitrogen and oxygen atoms in total. The number of rotatable bonds is 4. The largest absolute Gasteiger partial charge is 0.393 e. The van der Waals surface area contributed by atoms with Crippen molar-refractivity contribution in [2.75, 3.05) is 0 Å². The minimum absolute atomic E-state index is 0.145. The highest BCUT2D eigenvalue weighted by Crippen LogP contribution is 2.62. The van der Waals surface area contributed by atoms with Gasteiger partial charge >= 0.3 is 0 Å². The number of aliphatic hydroxyl groups is 6. The van der Waals surface area contributed by atoms with Gasteiger partial charge in [-0.1, -0.05) is 44.9 Å². The number of ether oxygens (including phenoxy) is 2. The second kappa shape index (κ2) is 12.4. The second-order valence-corrected chi connectivity index (χ2v) is 16.1. The van der Waals surface area contributed by atoms with Crippen LogP contribution in [-0.4, -0.2) is 90.7 Å². The van der Waals surface area contributed by atoms with Gasteiger partial charge in [0.25, 0.3) is 0 Å². The molecule has 8 heteroatoms. The molecule has 7 rings (SSSR count). The van der Waals surface area contributed by atoms with Gasteiger partial charge in [0.1, 0.15) is 0 Å². The molecule has 7 fully saturated rings. The molecule has 0 bridgehead atoms. The summed E-state index contributed by atoms with van der Waals surface area (Å²) in [4.78, 5) is 0. The zero-order valence-corrected chi connectivity index (χ0v) is 26.0. The van der Waals surface area contributed by atoms with Crippen LogP contribution in [0.1, 0.15) is 122 Å². The Kier molecular flexibility index (Phi) is 9.00. The van der Waals surface area contributed by atoms with Crippen LogP contribution in [0.25, 0.3) is 0 Å². The second-order valence-electron chi connectivity index (χ2n) is 16.1. The Morgan fingerprint density at radius 1 is 0.419 bits per heavy atom. The van der Waals surface area contributed by atoms with Gasteiger partial charge < -0.3 is 40.1 Å². The number of hydrogen-bond acceptors (Lipinski definition) is 8. The van der Waals surface area contributed by atoms with Crippen LogP contribution in [-0.2, 0) is 9.47 Å². The molecule has 2 aliphatic heterocycles. The molecule has 0 aromatic rings. The van der Waals surface area contributed by atoms with Crippen molar-refractivity contribution in [1.29, 1.82) is 0 Å². The molecule has 0 aromatic heterocycles. The molecule has 14 unspecified atom stereocenters. The van der Waals surface area contributed by atoms with Crippen molar-refractivity contribution < 1.29 is 40.1 Å². The third-order valence-electron chi connectivity index (χ3n) is 13.8. The molecule has 14 atom stereocenters. The lowest BCUT2D eigenvalue weighted by atomic mass is 9.55. The zero-order chi connectivity index (χ0) is 29.9. The van der Waals surface area contributed by atoms with Crippen LogP contribution < -0.4 is 0 Å². The van der Waals surface area contributed by atoms with Crippen molar-refractivity contribution >= 4 is 0 Å². The van der Waals surface area contributed by atoms with Crippen LogP contribution in [0.15, 0.2) is 0 Å². The van der Waals surface area contributed by atoms with Gasteiger partial charge in [-0.05, 0) is 75.0 Å². The normalized spacial score (nSPS) is 53.7. The van der Waals surface area contributed by atoms with Gasteiger partial charge in [0.15, 0.2) is 0 Å². The van der Waals surface area contributed by atoms with Crippen molar-refractivity contribution in [3.63, 3.8) is 0 Å². The fraction of sp³-hybridized carbons (Fsp3) is 1.00. The Bertz CT molecular complexity index is 878. The van der Waals surface area contributed by atoms with E-state index < -0.39 is 47.8 Å². The van der Waals surface area contributed by atoms with Gasteiger partial charge in [-0.25, -0.2) is 0 Å². The summed E-state index contributed by atoms with van der Waals surface area (Å²) < 4.78 is 14.7. The molecule has 43 heavy (non-hydrogen) atoms. The van der Waals surface area contributed by atoms with Gasteiger partial charge in [0.2, 0.25) is 0 Å². The van der Waals surface area contributed by atoms with Crippen molar-refractivity contribution in [3.05, 3.63) is 0 Å². The predicted octanol–water partition coefficient (Wildman–Crippen LogP) is 3.60. The van der Waals surface area contributed by atoms with E-state index in [1.54, 1.807) is 0 Å². The van der Waals surface area contributed by atoms with Crippen LogP contribution in [0.5, 0.6) is 0 Å². The zero-order valence-electron chi connectivity index (χ0n) is 26.0. The summed E-state index contributed by atoms with van der Waals surface area (Å²) in [7, 11) is 0. The van der Waals surface area contributed by atoms with E-state index in [0.29, 0.717) is 50.4 Å². The lowest BCUT2D eigenvalue weighted by Crippen LogP contribution is -2.68. The molecule has 7 aliphatic rings. The summed E-state index contributed by atoms with van der Waals surface area (Å²) >= 11 is 0. The van der Waals surface area contributed by atoms with Crippen molar-refractivity contribution in [1.82, 2.24) is 0 Å². The molecular weight excluding hydrogens is 548 g/mol. The SMILES string of the molecule is OC1CC(O)C2C(O)CC(C3CCCCC3)(C3CCCC3C3(C4CCCCC4)CC(O)C4C(O)CC(O)CC4O3)OC2C1. The molecule has 2 saturated heterocycles. The van der Waals surface area contributed by atoms with Gasteiger partial charge in [0, 0.05) is 37.5 Å². The van der Waals surface area contributed by atoms with Crippen LogP contribution in [0.3, 0.4) is 0 Å². The monoisotopic (exact) mass is 606 g/mol. The van der Waals surface area contributed by atoms with Crippen LogP contribution >= 0.6 is 0 Å². The molecule has 6 N–H and O–H groups in total. The summed E-state index contributed by atoms with van der Waals surface area (Å²) in [5, 5.41) is 66.9. The highest BCUT2D eigenvalue weighted by molar-refractivity contribution is 5.14. The molecule has 5 aliphatic carbocycles. The smallest absolute Gasteiger partial charge is 0.0770 e. The molecule has 2 heterocycles. The fourth-order valence-electron chi connectivity index (χ4n) is 12.2. The van der Waals surface area contributed by atoms with E-state index in [-0.39, 0.29) is 35.9 Å². The van der Waals surface area contributed by atoms with E-state index in [4.69, 9.17) is 9.47 Å². The predicted molar refractivity (Wildman–Crippen MR) is 160 cm³/mol. The van der Waals surface area contributed by atoms with Gasteiger partial charge in [0.05, 0.1) is 60.0 Å². The Labute approximate surface area is 257 Å². The molecule has 0 radical (unpaired) electrons. The Balaban J connectivity index is 1.28. The van der Waals surface area contributed by atoms with E-state index in [0.717, 1.165) is 70.6 Å². The molecule has 0 amide bonds. The van der Waals surface area contributed by atoms with Gasteiger partial charge in [-0.15, -0.1) is 0 Å². The molecular formula is C35H58O8. The standard InChI is InChI=1S/C35H58O8/c36-22-14-26(38)32-28(40)18-34(42-30(32)16-22,20-8-3-1-4-9-20)24-12-7-13-25(24)35(21-10-5-2-6-11-21)19-29(41)33-27(39)15-23(37)17-31(33)43-35/h20-33,36-41H,1-19H2. The fourth-order valence-corrected chi connectivity index (χ4v) is 12.2. The summed E-state index contributed by atoms with van der Waals surface area (Å²) in [5.41, 5.74) is -1.12. The first-order valence-electron chi connectivity index (χ1n) is 18.2. The van der Waals surface area contributed by atoms with Crippen molar-refractivity contribution in [2.24, 2.45) is 35.5 Å². The third-order valence-corrected chi connectivity index (χ3v) is 13.8. The van der Waals surface area contributed by atoms with Crippen LogP contribution in [0.4, 0.5) is 0 Å². The molecule has 0 aromatic carbocycles. The first kappa shape index (κ1) is 31.3. The first-order chi connectivity index (χ1) is 20.7. The average molecular weight is 607 g/mol. The quantitative estimate of drug-likeness (QED) is 0.285. The Hall–Kier alpha value is -0.320. The maximum atomic E-state index is 11.8.